The molecule has 0 spiro atoms. The number of amides is 1. The van der Waals surface area contributed by atoms with E-state index < -0.39 is 5.54 Å². The van der Waals surface area contributed by atoms with Crippen LogP contribution in [0.1, 0.15) is 30.8 Å². The molecule has 1 saturated heterocycles. The van der Waals surface area contributed by atoms with Crippen LogP contribution in [0.3, 0.4) is 0 Å². The van der Waals surface area contributed by atoms with Crippen LogP contribution in [-0.4, -0.2) is 67.1 Å². The largest absolute Gasteiger partial charge is 0.496 e. The molecular formula is C29H34N4O4S. The summed E-state index contributed by atoms with van der Waals surface area (Å²) in [7, 11) is 3.67. The third-order valence-corrected chi connectivity index (χ3v) is 8.02. The Labute approximate surface area is 227 Å². The highest BCUT2D eigenvalue weighted by atomic mass is 32.1. The van der Waals surface area contributed by atoms with Crippen LogP contribution in [0.15, 0.2) is 46.7 Å². The van der Waals surface area contributed by atoms with Crippen LogP contribution in [0.2, 0.25) is 0 Å². The van der Waals surface area contributed by atoms with Crippen LogP contribution in [0.25, 0.3) is 16.8 Å². The molecule has 8 nitrogen and oxygen atoms in total. The minimum absolute atomic E-state index is 0.105. The first-order valence-corrected chi connectivity index (χ1v) is 13.5. The quantitative estimate of drug-likeness (QED) is 0.438. The zero-order valence-corrected chi connectivity index (χ0v) is 23.6. The second-order valence-electron chi connectivity index (χ2n) is 10.3. The maximum absolute atomic E-state index is 13.9. The molecule has 0 radical (unpaired) electrons. The topological polar surface area (TPSA) is 79.9 Å². The van der Waals surface area contributed by atoms with E-state index in [2.05, 4.69) is 39.2 Å². The number of ether oxygens (including phenoxy) is 3. The van der Waals surface area contributed by atoms with Gasteiger partial charge in [-0.3, -0.25) is 9.89 Å². The van der Waals surface area contributed by atoms with E-state index in [-0.39, 0.29) is 12.5 Å². The number of methoxy groups -OCH3 is 1. The summed E-state index contributed by atoms with van der Waals surface area (Å²) in [6, 6.07) is 6.06. The van der Waals surface area contributed by atoms with Crippen molar-refractivity contribution in [1.82, 2.24) is 15.1 Å². The number of hydrogen-bond donors (Lipinski definition) is 1. The Hall–Kier alpha value is -3.56. The van der Waals surface area contributed by atoms with Crippen LogP contribution in [0.5, 0.6) is 11.5 Å². The molecule has 0 bridgehead atoms. The Morgan fingerprint density at radius 1 is 1.29 bits per heavy atom. The number of aromatic amines is 1. The summed E-state index contributed by atoms with van der Waals surface area (Å²) in [6.07, 6.45) is 0. The van der Waals surface area contributed by atoms with Crippen molar-refractivity contribution in [1.29, 1.82) is 0 Å². The number of hydrogen-bond acceptors (Lipinski definition) is 7. The minimum atomic E-state index is -0.428. The second-order valence-corrected chi connectivity index (χ2v) is 11.1. The maximum Gasteiger partial charge on any atom is 0.254 e. The number of fused-ring (bicyclic) bond motifs is 1. The van der Waals surface area contributed by atoms with Crippen molar-refractivity contribution in [2.24, 2.45) is 0 Å². The van der Waals surface area contributed by atoms with E-state index in [1.54, 1.807) is 18.4 Å². The fourth-order valence-corrected chi connectivity index (χ4v) is 5.95. The fourth-order valence-electron chi connectivity index (χ4n) is 5.28. The molecule has 0 atom stereocenters. The molecule has 1 N–H and O–H groups in total. The molecule has 38 heavy (non-hydrogen) atoms. The number of benzene rings is 1. The van der Waals surface area contributed by atoms with Gasteiger partial charge in [-0.05, 0) is 45.2 Å². The van der Waals surface area contributed by atoms with Crippen LogP contribution >= 0.6 is 11.3 Å². The number of H-pyrrole nitrogens is 1. The first-order valence-electron chi connectivity index (χ1n) is 12.6. The predicted octanol–water partition coefficient (Wildman–Crippen LogP) is 5.20. The highest BCUT2D eigenvalue weighted by Gasteiger charge is 2.38. The molecule has 0 saturated carbocycles. The highest BCUT2D eigenvalue weighted by Crippen LogP contribution is 2.46. The zero-order valence-electron chi connectivity index (χ0n) is 22.8. The summed E-state index contributed by atoms with van der Waals surface area (Å²) in [5, 5.41) is 11.6. The molecular weight excluding hydrogens is 500 g/mol. The normalized spacial score (nSPS) is 16.6. The van der Waals surface area contributed by atoms with Gasteiger partial charge < -0.3 is 24.0 Å². The Bertz CT molecular complexity index is 1400. The van der Waals surface area contributed by atoms with Crippen LogP contribution in [-0.2, 0) is 9.53 Å². The minimum Gasteiger partial charge on any atom is -0.496 e. The fraction of sp³-hybridized carbons (Fsp3) is 0.379. The van der Waals surface area contributed by atoms with Gasteiger partial charge in [0.2, 0.25) is 0 Å². The number of thiophene rings is 1. The molecule has 200 valence electrons. The Morgan fingerprint density at radius 3 is 2.71 bits per heavy atom. The first-order chi connectivity index (χ1) is 18.1. The zero-order chi connectivity index (χ0) is 27.2. The van der Waals surface area contributed by atoms with Crippen molar-refractivity contribution >= 4 is 28.6 Å². The van der Waals surface area contributed by atoms with E-state index in [9.17, 15) is 4.79 Å². The standard InChI is InChI=1S/C29H34N4O4S/c1-17(28(34)33-9-10-36-16-29(33,4)5)23-14-37-25-13-24(35-7)21(26-18(2)30-31-19(26)3)12-22(25)27(23)32(6)20-8-11-38-15-20/h8,11-13,15H,1,9-10,14,16H2,2-7H3,(H,30,31). The number of nitrogens with one attached hydrogen (secondary N) is 1. The molecule has 5 rings (SSSR count). The summed E-state index contributed by atoms with van der Waals surface area (Å²) < 4.78 is 17.7. The summed E-state index contributed by atoms with van der Waals surface area (Å²) in [4.78, 5) is 17.8. The van der Waals surface area contributed by atoms with Gasteiger partial charge in [-0.2, -0.15) is 16.4 Å². The number of anilines is 1. The number of aromatic nitrogens is 2. The van der Waals surface area contributed by atoms with Crippen LogP contribution in [0, 0.1) is 13.8 Å². The predicted molar refractivity (Wildman–Crippen MR) is 151 cm³/mol. The lowest BCUT2D eigenvalue weighted by Gasteiger charge is -2.43. The van der Waals surface area contributed by atoms with E-state index in [0.29, 0.717) is 36.8 Å². The van der Waals surface area contributed by atoms with E-state index in [4.69, 9.17) is 14.2 Å². The first kappa shape index (κ1) is 26.1. The van der Waals surface area contributed by atoms with Gasteiger partial charge in [0.15, 0.2) is 0 Å². The number of morpholine rings is 1. The molecule has 0 unspecified atom stereocenters. The Morgan fingerprint density at radius 2 is 2.08 bits per heavy atom. The molecule has 1 amide bonds. The molecule has 2 aliphatic heterocycles. The van der Waals surface area contributed by atoms with E-state index in [1.165, 1.54) is 0 Å². The van der Waals surface area contributed by atoms with Crippen molar-refractivity contribution in [3.63, 3.8) is 0 Å². The summed E-state index contributed by atoms with van der Waals surface area (Å²) >= 11 is 1.62. The molecule has 0 aliphatic carbocycles. The number of carbonyl (C=O) groups is 1. The van der Waals surface area contributed by atoms with Crippen molar-refractivity contribution in [2.45, 2.75) is 33.2 Å². The molecule has 1 aromatic carbocycles. The van der Waals surface area contributed by atoms with Crippen molar-refractivity contribution in [3.05, 3.63) is 63.6 Å². The molecule has 4 heterocycles. The van der Waals surface area contributed by atoms with Gasteiger partial charge in [-0.1, -0.05) is 6.58 Å². The number of aryl methyl sites for hydroxylation is 2. The Kier molecular flexibility index (Phi) is 6.83. The van der Waals surface area contributed by atoms with Crippen LogP contribution < -0.4 is 14.4 Å². The smallest absolute Gasteiger partial charge is 0.254 e. The van der Waals surface area contributed by atoms with E-state index >= 15 is 0 Å². The van der Waals surface area contributed by atoms with Gasteiger partial charge in [-0.15, -0.1) is 0 Å². The lowest BCUT2D eigenvalue weighted by Crippen LogP contribution is -2.56. The van der Waals surface area contributed by atoms with Crippen molar-refractivity contribution in [2.75, 3.05) is 45.4 Å². The molecule has 9 heteroatoms. The van der Waals surface area contributed by atoms with Crippen molar-refractivity contribution < 1.29 is 19.0 Å². The van der Waals surface area contributed by atoms with Gasteiger partial charge in [-0.25, -0.2) is 0 Å². The van der Waals surface area contributed by atoms with Gasteiger partial charge >= 0.3 is 0 Å². The summed E-state index contributed by atoms with van der Waals surface area (Å²) in [5.41, 5.74) is 7.25. The van der Waals surface area contributed by atoms with Crippen LogP contribution in [0.4, 0.5) is 5.69 Å². The SMILES string of the molecule is C=C(C(=O)N1CCOCC1(C)C)C1=C(N(C)c2ccsc2)c2cc(-c3c(C)n[nH]c3C)c(OC)cc2OC1. The summed E-state index contributed by atoms with van der Waals surface area (Å²) in [6.45, 7) is 14.0. The maximum atomic E-state index is 13.9. The van der Waals surface area contributed by atoms with Crippen molar-refractivity contribution in [3.8, 4) is 22.6 Å². The second kappa shape index (κ2) is 9.96. The van der Waals surface area contributed by atoms with E-state index in [1.807, 2.05) is 51.1 Å². The highest BCUT2D eigenvalue weighted by molar-refractivity contribution is 7.08. The summed E-state index contributed by atoms with van der Waals surface area (Å²) in [5.74, 6) is 1.28. The lowest BCUT2D eigenvalue weighted by molar-refractivity contribution is -0.141. The number of carbonyl (C=O) groups excluding carboxylic acids is 1. The average Bonchev–Trinajstić information content (AvgIpc) is 3.55. The third kappa shape index (κ3) is 4.39. The number of nitrogens with zero attached hydrogens (tertiary/aromatic N) is 3. The molecule has 2 aromatic heterocycles. The average molecular weight is 535 g/mol. The van der Waals surface area contributed by atoms with E-state index in [0.717, 1.165) is 45.0 Å². The Balaban J connectivity index is 1.69. The molecule has 3 aromatic rings. The third-order valence-electron chi connectivity index (χ3n) is 7.35. The van der Waals surface area contributed by atoms with Gasteiger partial charge in [0.1, 0.15) is 18.1 Å². The van der Waals surface area contributed by atoms with Gasteiger partial charge in [0, 0.05) is 58.6 Å². The molecule has 1 fully saturated rings. The van der Waals surface area contributed by atoms with Gasteiger partial charge in [0.25, 0.3) is 5.91 Å². The number of rotatable bonds is 6. The lowest BCUT2D eigenvalue weighted by atomic mass is 9.91. The molecule has 2 aliphatic rings. The van der Waals surface area contributed by atoms with Gasteiger partial charge in [0.05, 0.1) is 42.9 Å². The monoisotopic (exact) mass is 534 g/mol.